The summed E-state index contributed by atoms with van der Waals surface area (Å²) in [5.74, 6) is 0.0492. The maximum atomic E-state index is 10.6. The maximum Gasteiger partial charge on any atom is 0.188 e. The van der Waals surface area contributed by atoms with Gasteiger partial charge in [-0.3, -0.25) is 4.79 Å². The number of carbonyl (C=O) groups excluding carboxylic acids is 1. The van der Waals surface area contributed by atoms with E-state index >= 15 is 0 Å². The summed E-state index contributed by atoms with van der Waals surface area (Å²) in [7, 11) is 0. The maximum absolute atomic E-state index is 10.6. The summed E-state index contributed by atoms with van der Waals surface area (Å²) in [6.07, 6.45) is 1.71. The van der Waals surface area contributed by atoms with E-state index < -0.39 is 0 Å². The summed E-state index contributed by atoms with van der Waals surface area (Å²) >= 11 is 1.44. The first-order valence-electron chi connectivity index (χ1n) is 2.63. The Labute approximate surface area is 57.5 Å². The van der Waals surface area contributed by atoms with Crippen LogP contribution in [-0.2, 0) is 0 Å². The number of aromatic nitrogens is 1. The molecule has 0 saturated carbocycles. The molecule has 48 valence electrons. The largest absolute Gasteiger partial charge is 0.292 e. The van der Waals surface area contributed by atoms with Crippen LogP contribution in [0.15, 0.2) is 6.20 Å². The highest BCUT2D eigenvalue weighted by Crippen LogP contribution is 2.10. The van der Waals surface area contributed by atoms with E-state index in [0.717, 1.165) is 4.88 Å². The molecule has 0 aliphatic carbocycles. The predicted octanol–water partition coefficient (Wildman–Crippen LogP) is 1.65. The second-order valence-electron chi connectivity index (χ2n) is 1.83. The first-order valence-corrected chi connectivity index (χ1v) is 3.45. The van der Waals surface area contributed by atoms with Gasteiger partial charge in [-0.1, -0.05) is 0 Å². The third-order valence-electron chi connectivity index (χ3n) is 0.922. The van der Waals surface area contributed by atoms with Gasteiger partial charge in [0.25, 0.3) is 0 Å². The van der Waals surface area contributed by atoms with E-state index in [1.54, 1.807) is 6.20 Å². The van der Waals surface area contributed by atoms with Crippen molar-refractivity contribution in [3.8, 4) is 0 Å². The molecule has 0 unspecified atom stereocenters. The van der Waals surface area contributed by atoms with Crippen molar-refractivity contribution in [3.63, 3.8) is 0 Å². The number of rotatable bonds is 1. The number of Topliss-reactive ketones (excluding diaryl/α,β-unsaturated/α-hetero) is 1. The first-order chi connectivity index (χ1) is 4.20. The van der Waals surface area contributed by atoms with Crippen LogP contribution in [0.25, 0.3) is 0 Å². The lowest BCUT2D eigenvalue weighted by Crippen LogP contribution is -1.87. The third-order valence-corrected chi connectivity index (χ3v) is 1.94. The van der Waals surface area contributed by atoms with Gasteiger partial charge in [0.15, 0.2) is 10.8 Å². The molecule has 1 aromatic heterocycles. The van der Waals surface area contributed by atoms with Crippen molar-refractivity contribution in [3.05, 3.63) is 16.1 Å². The zero-order valence-corrected chi connectivity index (χ0v) is 6.16. The van der Waals surface area contributed by atoms with Gasteiger partial charge >= 0.3 is 0 Å². The highest BCUT2D eigenvalue weighted by molar-refractivity contribution is 7.13. The summed E-state index contributed by atoms with van der Waals surface area (Å²) < 4.78 is 0. The molecule has 2 nitrogen and oxygen atoms in total. The third kappa shape index (κ3) is 1.36. The highest BCUT2D eigenvalue weighted by atomic mass is 32.1. The molecule has 1 rings (SSSR count). The minimum atomic E-state index is 0.0492. The summed E-state index contributed by atoms with van der Waals surface area (Å²) in [4.78, 5) is 15.6. The molecule has 0 aromatic carbocycles. The van der Waals surface area contributed by atoms with Gasteiger partial charge in [0.2, 0.25) is 0 Å². The number of nitrogens with zero attached hydrogens (tertiary/aromatic N) is 1. The van der Waals surface area contributed by atoms with E-state index in [9.17, 15) is 4.79 Å². The minimum Gasteiger partial charge on any atom is -0.292 e. The topological polar surface area (TPSA) is 30.0 Å². The van der Waals surface area contributed by atoms with Crippen molar-refractivity contribution < 1.29 is 4.79 Å². The molecule has 9 heavy (non-hydrogen) atoms. The average Bonchev–Trinajstić information content (AvgIpc) is 2.14. The van der Waals surface area contributed by atoms with Gasteiger partial charge in [0.1, 0.15) is 0 Å². The van der Waals surface area contributed by atoms with E-state index in [1.807, 2.05) is 6.92 Å². The van der Waals surface area contributed by atoms with Crippen molar-refractivity contribution in [2.24, 2.45) is 0 Å². The number of thiazole rings is 1. The van der Waals surface area contributed by atoms with Crippen LogP contribution < -0.4 is 0 Å². The molecule has 0 bridgehead atoms. The van der Waals surface area contributed by atoms with Crippen LogP contribution >= 0.6 is 11.3 Å². The van der Waals surface area contributed by atoms with Gasteiger partial charge in [-0.05, 0) is 6.92 Å². The molecule has 0 aliphatic heterocycles. The molecule has 3 heteroatoms. The number of hydrogen-bond donors (Lipinski definition) is 0. The van der Waals surface area contributed by atoms with E-state index in [-0.39, 0.29) is 5.78 Å². The Morgan fingerprint density at radius 3 is 2.67 bits per heavy atom. The normalized spacial score (nSPS) is 9.56. The smallest absolute Gasteiger partial charge is 0.188 e. The monoisotopic (exact) mass is 141 g/mol. The lowest BCUT2D eigenvalue weighted by Gasteiger charge is -1.79. The second-order valence-corrected chi connectivity index (χ2v) is 3.07. The fourth-order valence-corrected chi connectivity index (χ4v) is 1.18. The number of ketones is 1. The Balaban J connectivity index is 2.98. The Bertz CT molecular complexity index is 229. The van der Waals surface area contributed by atoms with E-state index in [4.69, 9.17) is 0 Å². The SMILES string of the molecule is CC(=O)c1ncc(C)s1. The molecule has 0 radical (unpaired) electrons. The first kappa shape index (κ1) is 6.42. The highest BCUT2D eigenvalue weighted by Gasteiger charge is 2.01. The fraction of sp³-hybridized carbons (Fsp3) is 0.333. The van der Waals surface area contributed by atoms with Crippen LogP contribution in [0.1, 0.15) is 21.6 Å². The van der Waals surface area contributed by atoms with Crippen LogP contribution in [0, 0.1) is 6.92 Å². The molecular weight excluding hydrogens is 134 g/mol. The van der Waals surface area contributed by atoms with Gasteiger partial charge in [0, 0.05) is 18.0 Å². The molecule has 0 atom stereocenters. The molecular formula is C6H7NOS. The molecule has 1 aromatic rings. The summed E-state index contributed by atoms with van der Waals surface area (Å²) in [5.41, 5.74) is 0. The van der Waals surface area contributed by atoms with Crippen molar-refractivity contribution in [1.29, 1.82) is 0 Å². The van der Waals surface area contributed by atoms with E-state index in [0.29, 0.717) is 5.01 Å². The Kier molecular flexibility index (Phi) is 1.62. The Hall–Kier alpha value is -0.700. The van der Waals surface area contributed by atoms with Crippen LogP contribution in [0.3, 0.4) is 0 Å². The second kappa shape index (κ2) is 2.27. The lowest BCUT2D eigenvalue weighted by atomic mass is 10.5. The molecule has 0 N–H and O–H groups in total. The zero-order chi connectivity index (χ0) is 6.85. The summed E-state index contributed by atoms with van der Waals surface area (Å²) in [6.45, 7) is 3.46. The van der Waals surface area contributed by atoms with E-state index in [2.05, 4.69) is 4.98 Å². The quantitative estimate of drug-likeness (QED) is 0.557. The standard InChI is InChI=1S/C6H7NOS/c1-4-3-7-6(9-4)5(2)8/h3H,1-2H3. The van der Waals surface area contributed by atoms with Crippen LogP contribution in [0.4, 0.5) is 0 Å². The number of hydrogen-bond acceptors (Lipinski definition) is 3. The van der Waals surface area contributed by atoms with Crippen LogP contribution in [0.5, 0.6) is 0 Å². The zero-order valence-electron chi connectivity index (χ0n) is 5.34. The Morgan fingerprint density at radius 2 is 2.44 bits per heavy atom. The molecule has 0 spiro atoms. The van der Waals surface area contributed by atoms with Crippen molar-refractivity contribution in [2.45, 2.75) is 13.8 Å². The van der Waals surface area contributed by atoms with Crippen molar-refractivity contribution in [1.82, 2.24) is 4.98 Å². The van der Waals surface area contributed by atoms with Gasteiger partial charge in [-0.15, -0.1) is 11.3 Å². The Morgan fingerprint density at radius 1 is 1.78 bits per heavy atom. The van der Waals surface area contributed by atoms with Crippen molar-refractivity contribution in [2.75, 3.05) is 0 Å². The number of carbonyl (C=O) groups is 1. The predicted molar refractivity (Wildman–Crippen MR) is 36.9 cm³/mol. The minimum absolute atomic E-state index is 0.0492. The fourth-order valence-electron chi connectivity index (χ4n) is 0.517. The summed E-state index contributed by atoms with van der Waals surface area (Å²) in [6, 6.07) is 0. The molecule has 0 aliphatic rings. The van der Waals surface area contributed by atoms with Gasteiger partial charge < -0.3 is 0 Å². The molecule has 0 amide bonds. The van der Waals surface area contributed by atoms with Gasteiger partial charge in [-0.2, -0.15) is 0 Å². The van der Waals surface area contributed by atoms with Gasteiger partial charge in [0.05, 0.1) is 0 Å². The lowest BCUT2D eigenvalue weighted by molar-refractivity contribution is 0.101. The van der Waals surface area contributed by atoms with Crippen LogP contribution in [0.2, 0.25) is 0 Å². The van der Waals surface area contributed by atoms with Crippen molar-refractivity contribution >= 4 is 17.1 Å². The number of aryl methyl sites for hydroxylation is 1. The molecule has 1 heterocycles. The molecule has 0 fully saturated rings. The average molecular weight is 141 g/mol. The van der Waals surface area contributed by atoms with Gasteiger partial charge in [-0.25, -0.2) is 4.98 Å². The van der Waals surface area contributed by atoms with E-state index in [1.165, 1.54) is 18.3 Å². The summed E-state index contributed by atoms with van der Waals surface area (Å²) in [5, 5.41) is 0.604. The van der Waals surface area contributed by atoms with Crippen LogP contribution in [-0.4, -0.2) is 10.8 Å². The molecule has 0 saturated heterocycles.